The van der Waals surface area contributed by atoms with Gasteiger partial charge in [0.15, 0.2) is 6.61 Å². The number of aromatic nitrogens is 1. The van der Waals surface area contributed by atoms with Crippen LogP contribution in [0.1, 0.15) is 16.1 Å². The quantitative estimate of drug-likeness (QED) is 0.883. The second-order valence-electron chi connectivity index (χ2n) is 4.67. The number of amides is 2. The molecule has 6 nitrogen and oxygen atoms in total. The number of pyridine rings is 1. The average molecular weight is 283 g/mol. The minimum absolute atomic E-state index is 0.0441. The Bertz CT molecular complexity index is 728. The van der Waals surface area contributed by atoms with Crippen LogP contribution in [-0.4, -0.2) is 23.4 Å². The third-order valence-corrected chi connectivity index (χ3v) is 3.01. The van der Waals surface area contributed by atoms with Gasteiger partial charge >= 0.3 is 0 Å². The van der Waals surface area contributed by atoms with E-state index in [9.17, 15) is 9.59 Å². The van der Waals surface area contributed by atoms with Crippen LogP contribution in [0, 0.1) is 6.92 Å². The molecule has 0 unspecified atom stereocenters. The second-order valence-corrected chi connectivity index (χ2v) is 4.67. The lowest BCUT2D eigenvalue weighted by Crippen LogP contribution is -2.25. The molecule has 6 heteroatoms. The molecular formula is C15H13N3O3. The van der Waals surface area contributed by atoms with Crippen molar-refractivity contribution in [2.75, 3.05) is 17.2 Å². The average Bonchev–Trinajstić information content (AvgIpc) is 2.46. The van der Waals surface area contributed by atoms with Gasteiger partial charge < -0.3 is 15.4 Å². The van der Waals surface area contributed by atoms with Gasteiger partial charge in [-0.25, -0.2) is 4.98 Å². The lowest BCUT2D eigenvalue weighted by Gasteiger charge is -2.18. The summed E-state index contributed by atoms with van der Waals surface area (Å²) in [5.74, 6) is 0.492. The zero-order valence-corrected chi connectivity index (χ0v) is 11.3. The van der Waals surface area contributed by atoms with E-state index < -0.39 is 0 Å². The van der Waals surface area contributed by atoms with Crippen molar-refractivity contribution in [3.05, 3.63) is 47.7 Å². The summed E-state index contributed by atoms with van der Waals surface area (Å²) in [5.41, 5.74) is 1.83. The van der Waals surface area contributed by atoms with Crippen molar-refractivity contribution in [3.8, 4) is 5.75 Å². The van der Waals surface area contributed by atoms with Gasteiger partial charge in [0.25, 0.3) is 11.8 Å². The highest BCUT2D eigenvalue weighted by Gasteiger charge is 2.18. The summed E-state index contributed by atoms with van der Waals surface area (Å²) in [7, 11) is 0. The fourth-order valence-electron chi connectivity index (χ4n) is 2.02. The standard InChI is InChI=1S/C15H13N3O3/c1-9-3-2-4-13(16-9)18-15(20)10-5-6-11-12(7-10)21-8-14(19)17-11/h2-7H,8H2,1H3,(H,17,19)(H,16,18,20). The van der Waals surface area contributed by atoms with Crippen molar-refractivity contribution in [1.29, 1.82) is 0 Å². The molecule has 2 amide bonds. The largest absolute Gasteiger partial charge is 0.482 e. The number of nitrogens with one attached hydrogen (secondary N) is 2. The molecule has 2 aromatic rings. The fraction of sp³-hybridized carbons (Fsp3) is 0.133. The first kappa shape index (κ1) is 13.1. The third-order valence-electron chi connectivity index (χ3n) is 3.01. The summed E-state index contributed by atoms with van der Waals surface area (Å²) in [4.78, 5) is 27.6. The fourth-order valence-corrected chi connectivity index (χ4v) is 2.02. The molecule has 1 aliphatic rings. The molecule has 0 aliphatic carbocycles. The number of anilines is 2. The number of carbonyl (C=O) groups is 2. The van der Waals surface area contributed by atoms with E-state index in [0.29, 0.717) is 22.8 Å². The van der Waals surface area contributed by atoms with Gasteiger partial charge in [0.1, 0.15) is 11.6 Å². The summed E-state index contributed by atoms with van der Waals surface area (Å²) in [6.45, 7) is 1.81. The summed E-state index contributed by atoms with van der Waals surface area (Å²) in [5, 5.41) is 5.40. The first-order chi connectivity index (χ1) is 10.1. The maximum atomic E-state index is 12.2. The molecule has 2 N–H and O–H groups in total. The van der Waals surface area contributed by atoms with Crippen LogP contribution < -0.4 is 15.4 Å². The number of hydrogen-bond acceptors (Lipinski definition) is 4. The van der Waals surface area contributed by atoms with E-state index in [1.807, 2.05) is 19.1 Å². The molecule has 0 fully saturated rings. The Morgan fingerprint density at radius 1 is 1.33 bits per heavy atom. The van der Waals surface area contributed by atoms with E-state index in [1.165, 1.54) is 0 Å². The van der Waals surface area contributed by atoms with Crippen molar-refractivity contribution in [2.45, 2.75) is 6.92 Å². The molecule has 1 aromatic carbocycles. The number of fused-ring (bicyclic) bond motifs is 1. The Kier molecular flexibility index (Phi) is 3.27. The highest BCUT2D eigenvalue weighted by Crippen LogP contribution is 2.28. The molecule has 0 radical (unpaired) electrons. The molecule has 0 saturated carbocycles. The van der Waals surface area contributed by atoms with Crippen LogP contribution in [0.4, 0.5) is 11.5 Å². The van der Waals surface area contributed by atoms with Gasteiger partial charge in [-0.1, -0.05) is 6.07 Å². The SMILES string of the molecule is Cc1cccc(NC(=O)c2ccc3c(c2)OCC(=O)N3)n1. The molecule has 1 aromatic heterocycles. The Morgan fingerprint density at radius 3 is 3.00 bits per heavy atom. The van der Waals surface area contributed by atoms with E-state index in [2.05, 4.69) is 15.6 Å². The highest BCUT2D eigenvalue weighted by atomic mass is 16.5. The minimum Gasteiger partial charge on any atom is -0.482 e. The third kappa shape index (κ3) is 2.84. The second kappa shape index (κ2) is 5.24. The highest BCUT2D eigenvalue weighted by molar-refractivity contribution is 6.05. The number of rotatable bonds is 2. The van der Waals surface area contributed by atoms with Gasteiger partial charge in [-0.15, -0.1) is 0 Å². The number of nitrogens with zero attached hydrogens (tertiary/aromatic N) is 1. The maximum Gasteiger partial charge on any atom is 0.262 e. The first-order valence-corrected chi connectivity index (χ1v) is 6.43. The first-order valence-electron chi connectivity index (χ1n) is 6.43. The van der Waals surface area contributed by atoms with Crippen LogP contribution in [0.25, 0.3) is 0 Å². The van der Waals surface area contributed by atoms with E-state index in [-0.39, 0.29) is 18.4 Å². The Balaban J connectivity index is 1.81. The van der Waals surface area contributed by atoms with E-state index in [4.69, 9.17) is 4.74 Å². The molecule has 1 aliphatic heterocycles. The summed E-state index contributed by atoms with van der Waals surface area (Å²) >= 11 is 0. The molecule has 0 spiro atoms. The van der Waals surface area contributed by atoms with E-state index in [1.54, 1.807) is 24.3 Å². The molecular weight excluding hydrogens is 270 g/mol. The van der Waals surface area contributed by atoms with Gasteiger partial charge in [0, 0.05) is 11.3 Å². The smallest absolute Gasteiger partial charge is 0.262 e. The maximum absolute atomic E-state index is 12.2. The van der Waals surface area contributed by atoms with Crippen LogP contribution in [0.2, 0.25) is 0 Å². The zero-order valence-electron chi connectivity index (χ0n) is 11.3. The molecule has 0 bridgehead atoms. The number of aryl methyl sites for hydroxylation is 1. The lowest BCUT2D eigenvalue weighted by atomic mass is 10.1. The van der Waals surface area contributed by atoms with Gasteiger partial charge in [-0.3, -0.25) is 9.59 Å². The Labute approximate surface area is 121 Å². The molecule has 0 saturated heterocycles. The van der Waals surface area contributed by atoms with Crippen molar-refractivity contribution < 1.29 is 14.3 Å². The van der Waals surface area contributed by atoms with Gasteiger partial charge in [-0.2, -0.15) is 0 Å². The van der Waals surface area contributed by atoms with Crippen LogP contribution in [0.3, 0.4) is 0 Å². The summed E-state index contributed by atoms with van der Waals surface area (Å²) in [6, 6.07) is 10.3. The van der Waals surface area contributed by atoms with Crippen molar-refractivity contribution in [1.82, 2.24) is 4.98 Å². The number of carbonyl (C=O) groups excluding carboxylic acids is 2. The van der Waals surface area contributed by atoms with Crippen LogP contribution in [0.15, 0.2) is 36.4 Å². The summed E-state index contributed by atoms with van der Waals surface area (Å²) < 4.78 is 5.29. The predicted molar refractivity (Wildman–Crippen MR) is 77.5 cm³/mol. The molecule has 106 valence electrons. The van der Waals surface area contributed by atoms with Crippen molar-refractivity contribution >= 4 is 23.3 Å². The van der Waals surface area contributed by atoms with Crippen molar-refractivity contribution in [2.24, 2.45) is 0 Å². The summed E-state index contributed by atoms with van der Waals surface area (Å²) in [6.07, 6.45) is 0. The van der Waals surface area contributed by atoms with Crippen LogP contribution in [-0.2, 0) is 4.79 Å². The Hall–Kier alpha value is -2.89. The zero-order chi connectivity index (χ0) is 14.8. The lowest BCUT2D eigenvalue weighted by molar-refractivity contribution is -0.118. The van der Waals surface area contributed by atoms with E-state index >= 15 is 0 Å². The molecule has 3 rings (SSSR count). The van der Waals surface area contributed by atoms with E-state index in [0.717, 1.165) is 5.69 Å². The van der Waals surface area contributed by atoms with Gasteiger partial charge in [-0.05, 0) is 37.3 Å². The molecule has 0 atom stereocenters. The minimum atomic E-state index is -0.281. The number of hydrogen-bond donors (Lipinski definition) is 2. The van der Waals surface area contributed by atoms with Gasteiger partial charge in [0.05, 0.1) is 5.69 Å². The van der Waals surface area contributed by atoms with Crippen molar-refractivity contribution in [3.63, 3.8) is 0 Å². The number of benzene rings is 1. The molecule has 21 heavy (non-hydrogen) atoms. The normalized spacial score (nSPS) is 12.9. The number of ether oxygens (including phenoxy) is 1. The van der Waals surface area contributed by atoms with Crippen LogP contribution >= 0.6 is 0 Å². The van der Waals surface area contributed by atoms with Gasteiger partial charge in [0.2, 0.25) is 0 Å². The monoisotopic (exact) mass is 283 g/mol. The topological polar surface area (TPSA) is 80.3 Å². The predicted octanol–water partition coefficient (Wildman–Crippen LogP) is 1.97. The van der Waals surface area contributed by atoms with Crippen LogP contribution in [0.5, 0.6) is 5.75 Å². The molecule has 2 heterocycles. The Morgan fingerprint density at radius 2 is 2.19 bits per heavy atom.